The van der Waals surface area contributed by atoms with E-state index >= 15 is 0 Å². The lowest BCUT2D eigenvalue weighted by atomic mass is 10.1. The molecule has 0 spiro atoms. The van der Waals surface area contributed by atoms with E-state index < -0.39 is 17.6 Å². The minimum atomic E-state index is -4.60. The zero-order valence-corrected chi connectivity index (χ0v) is 10.4. The van der Waals surface area contributed by atoms with E-state index in [4.69, 9.17) is 0 Å². The van der Waals surface area contributed by atoms with Gasteiger partial charge in [-0.15, -0.1) is 10.2 Å². The van der Waals surface area contributed by atoms with Crippen LogP contribution in [-0.2, 0) is 12.7 Å². The van der Waals surface area contributed by atoms with E-state index in [1.54, 1.807) is 6.92 Å². The first kappa shape index (κ1) is 14.4. The Morgan fingerprint density at radius 1 is 1.35 bits per heavy atom. The predicted molar refractivity (Wildman–Crippen MR) is 60.8 cm³/mol. The minimum Gasteiger partial charge on any atom is -0.303 e. The van der Waals surface area contributed by atoms with E-state index in [-0.39, 0.29) is 18.2 Å². The standard InChI is InChI=1S/C11H11F4N5/c1-6(10-17-19-20-18-10)16-5-7-2-3-8(12)4-9(7)11(13,14)15/h2-4,6,16H,5H2,1H3,(H,17,18,19,20). The third kappa shape index (κ3) is 3.29. The van der Waals surface area contributed by atoms with Crippen LogP contribution in [0.1, 0.15) is 29.9 Å². The van der Waals surface area contributed by atoms with Gasteiger partial charge in [-0.25, -0.2) is 4.39 Å². The van der Waals surface area contributed by atoms with E-state index in [9.17, 15) is 17.6 Å². The number of H-pyrrole nitrogens is 1. The Morgan fingerprint density at radius 2 is 2.10 bits per heavy atom. The monoisotopic (exact) mass is 289 g/mol. The molecule has 2 N–H and O–H groups in total. The molecule has 0 saturated heterocycles. The molecule has 20 heavy (non-hydrogen) atoms. The second-order valence-corrected chi connectivity index (χ2v) is 4.17. The number of alkyl halides is 3. The van der Waals surface area contributed by atoms with Crippen molar-refractivity contribution in [3.63, 3.8) is 0 Å². The highest BCUT2D eigenvalue weighted by atomic mass is 19.4. The van der Waals surface area contributed by atoms with Crippen LogP contribution in [0.15, 0.2) is 18.2 Å². The second kappa shape index (κ2) is 5.53. The normalized spacial score (nSPS) is 13.4. The van der Waals surface area contributed by atoms with Gasteiger partial charge in [0.15, 0.2) is 5.82 Å². The third-order valence-electron chi connectivity index (χ3n) is 2.73. The summed E-state index contributed by atoms with van der Waals surface area (Å²) in [7, 11) is 0. The first-order valence-corrected chi connectivity index (χ1v) is 5.70. The smallest absolute Gasteiger partial charge is 0.303 e. The highest BCUT2D eigenvalue weighted by molar-refractivity contribution is 5.30. The Hall–Kier alpha value is -2.03. The van der Waals surface area contributed by atoms with Gasteiger partial charge in [0.2, 0.25) is 0 Å². The van der Waals surface area contributed by atoms with Crippen LogP contribution >= 0.6 is 0 Å². The van der Waals surface area contributed by atoms with Crippen molar-refractivity contribution in [3.05, 3.63) is 41.0 Å². The molecule has 1 unspecified atom stereocenters. The van der Waals surface area contributed by atoms with Crippen molar-refractivity contribution < 1.29 is 17.6 Å². The first-order valence-electron chi connectivity index (χ1n) is 5.70. The number of halogens is 4. The van der Waals surface area contributed by atoms with Gasteiger partial charge in [-0.05, 0) is 24.6 Å². The lowest BCUT2D eigenvalue weighted by Gasteiger charge is -2.15. The van der Waals surface area contributed by atoms with Gasteiger partial charge in [0.25, 0.3) is 0 Å². The quantitative estimate of drug-likeness (QED) is 0.847. The Balaban J connectivity index is 2.13. The summed E-state index contributed by atoms with van der Waals surface area (Å²) in [4.78, 5) is 0. The first-order chi connectivity index (χ1) is 9.38. The summed E-state index contributed by atoms with van der Waals surface area (Å²) in [6.07, 6.45) is -4.60. The summed E-state index contributed by atoms with van der Waals surface area (Å²) >= 11 is 0. The number of benzene rings is 1. The molecule has 2 aromatic rings. The fourth-order valence-corrected chi connectivity index (χ4v) is 1.67. The molecule has 5 nitrogen and oxygen atoms in total. The van der Waals surface area contributed by atoms with Crippen LogP contribution in [0.25, 0.3) is 0 Å². The largest absolute Gasteiger partial charge is 0.416 e. The Bertz CT molecular complexity index is 567. The molecule has 9 heteroatoms. The summed E-state index contributed by atoms with van der Waals surface area (Å²) in [5.41, 5.74) is -1.04. The fraction of sp³-hybridized carbons (Fsp3) is 0.364. The Labute approximate surface area is 111 Å². The highest BCUT2D eigenvalue weighted by Crippen LogP contribution is 2.32. The molecule has 0 radical (unpaired) electrons. The number of nitrogens with one attached hydrogen (secondary N) is 2. The van der Waals surface area contributed by atoms with Crippen LogP contribution in [0.3, 0.4) is 0 Å². The minimum absolute atomic E-state index is 0.0470. The number of nitrogens with zero attached hydrogens (tertiary/aromatic N) is 3. The van der Waals surface area contributed by atoms with Crippen LogP contribution in [-0.4, -0.2) is 20.6 Å². The molecule has 1 aromatic carbocycles. The maximum absolute atomic E-state index is 12.9. The molecule has 0 amide bonds. The van der Waals surface area contributed by atoms with Gasteiger partial charge in [0.05, 0.1) is 11.6 Å². The van der Waals surface area contributed by atoms with Crippen LogP contribution in [0.5, 0.6) is 0 Å². The molecule has 0 bridgehead atoms. The molecule has 0 aliphatic heterocycles. The van der Waals surface area contributed by atoms with E-state index in [0.29, 0.717) is 11.9 Å². The van der Waals surface area contributed by atoms with Gasteiger partial charge in [-0.1, -0.05) is 11.3 Å². The van der Waals surface area contributed by atoms with Gasteiger partial charge in [0.1, 0.15) is 5.82 Å². The van der Waals surface area contributed by atoms with E-state index in [0.717, 1.165) is 12.1 Å². The summed E-state index contributed by atoms with van der Waals surface area (Å²) in [5, 5.41) is 15.9. The number of hydrogen-bond donors (Lipinski definition) is 2. The molecule has 0 fully saturated rings. The van der Waals surface area contributed by atoms with Crippen molar-refractivity contribution in [2.45, 2.75) is 25.7 Å². The Morgan fingerprint density at radius 3 is 2.70 bits per heavy atom. The summed E-state index contributed by atoms with van der Waals surface area (Å²) in [6.45, 7) is 1.59. The highest BCUT2D eigenvalue weighted by Gasteiger charge is 2.33. The second-order valence-electron chi connectivity index (χ2n) is 4.17. The number of tetrazole rings is 1. The number of aromatic amines is 1. The molecule has 0 saturated carbocycles. The lowest BCUT2D eigenvalue weighted by Crippen LogP contribution is -2.21. The van der Waals surface area contributed by atoms with Crippen molar-refractivity contribution >= 4 is 0 Å². The van der Waals surface area contributed by atoms with Crippen LogP contribution in [0.4, 0.5) is 17.6 Å². The lowest BCUT2D eigenvalue weighted by molar-refractivity contribution is -0.138. The van der Waals surface area contributed by atoms with Crippen molar-refractivity contribution in [2.75, 3.05) is 0 Å². The molecule has 1 heterocycles. The van der Waals surface area contributed by atoms with Crippen LogP contribution in [0, 0.1) is 5.82 Å². The maximum atomic E-state index is 12.9. The van der Waals surface area contributed by atoms with Gasteiger partial charge in [0, 0.05) is 6.54 Å². The SMILES string of the molecule is CC(NCc1ccc(F)cc1C(F)(F)F)c1nn[nH]n1. The Kier molecular flexibility index (Phi) is 3.98. The number of hydrogen-bond acceptors (Lipinski definition) is 4. The van der Waals surface area contributed by atoms with Crippen molar-refractivity contribution in [2.24, 2.45) is 0 Å². The third-order valence-corrected chi connectivity index (χ3v) is 2.73. The summed E-state index contributed by atoms with van der Waals surface area (Å²) < 4.78 is 51.3. The molecule has 0 aliphatic rings. The molecule has 1 aromatic heterocycles. The molecule has 2 rings (SSSR count). The zero-order chi connectivity index (χ0) is 14.8. The molecular formula is C11H11F4N5. The average Bonchev–Trinajstić information content (AvgIpc) is 2.89. The molecular weight excluding hydrogens is 278 g/mol. The predicted octanol–water partition coefficient (Wildman–Crippen LogP) is 2.21. The van der Waals surface area contributed by atoms with E-state index in [1.165, 1.54) is 0 Å². The zero-order valence-electron chi connectivity index (χ0n) is 10.4. The van der Waals surface area contributed by atoms with E-state index in [1.807, 2.05) is 0 Å². The van der Waals surface area contributed by atoms with Crippen molar-refractivity contribution in [1.82, 2.24) is 25.9 Å². The summed E-state index contributed by atoms with van der Waals surface area (Å²) in [5.74, 6) is -0.590. The van der Waals surface area contributed by atoms with E-state index in [2.05, 4.69) is 25.9 Å². The average molecular weight is 289 g/mol. The number of aromatic nitrogens is 4. The summed E-state index contributed by atoms with van der Waals surface area (Å²) in [6, 6.07) is 2.19. The van der Waals surface area contributed by atoms with Gasteiger partial charge < -0.3 is 5.32 Å². The number of rotatable bonds is 4. The molecule has 0 aliphatic carbocycles. The van der Waals surface area contributed by atoms with Crippen molar-refractivity contribution in [3.8, 4) is 0 Å². The van der Waals surface area contributed by atoms with Crippen LogP contribution < -0.4 is 5.32 Å². The van der Waals surface area contributed by atoms with Crippen LogP contribution in [0.2, 0.25) is 0 Å². The maximum Gasteiger partial charge on any atom is 0.416 e. The molecule has 1 atom stereocenters. The topological polar surface area (TPSA) is 66.5 Å². The molecule has 108 valence electrons. The van der Waals surface area contributed by atoms with Crippen molar-refractivity contribution in [1.29, 1.82) is 0 Å². The van der Waals surface area contributed by atoms with Gasteiger partial charge in [-0.3, -0.25) is 0 Å². The fourth-order valence-electron chi connectivity index (χ4n) is 1.67. The van der Waals surface area contributed by atoms with Gasteiger partial charge in [-0.2, -0.15) is 18.4 Å². The van der Waals surface area contributed by atoms with Gasteiger partial charge >= 0.3 is 6.18 Å².